The molecule has 0 N–H and O–H groups in total. The zero-order valence-electron chi connectivity index (χ0n) is 20.8. The summed E-state index contributed by atoms with van der Waals surface area (Å²) in [6.07, 6.45) is 0. The average molecular weight is 471 g/mol. The number of aryl methyl sites for hydroxylation is 4. The van der Waals surface area contributed by atoms with E-state index in [1.165, 1.54) is 0 Å². The van der Waals surface area contributed by atoms with Crippen LogP contribution in [0.2, 0.25) is 0 Å². The van der Waals surface area contributed by atoms with E-state index in [-0.39, 0.29) is 0 Å². The van der Waals surface area contributed by atoms with E-state index < -0.39 is 0 Å². The number of rotatable bonds is 0. The first-order valence-corrected chi connectivity index (χ1v) is 11.8. The van der Waals surface area contributed by atoms with Gasteiger partial charge in [-0.1, -0.05) is 36.4 Å². The molecule has 5 rings (SSSR count). The van der Waals surface area contributed by atoms with E-state index in [0.29, 0.717) is 0 Å². The van der Waals surface area contributed by atoms with Crippen molar-refractivity contribution in [3.8, 4) is 0 Å². The van der Waals surface area contributed by atoms with Crippen LogP contribution in [0.4, 0.5) is 0 Å². The molecule has 6 nitrogen and oxygen atoms in total. The lowest BCUT2D eigenvalue weighted by Crippen LogP contribution is -1.90. The van der Waals surface area contributed by atoms with Crippen molar-refractivity contribution >= 4 is 44.1 Å². The molecular weight excluding hydrogens is 444 g/mol. The van der Waals surface area contributed by atoms with Crippen molar-refractivity contribution in [2.45, 2.75) is 27.7 Å². The van der Waals surface area contributed by atoms with Crippen LogP contribution in [0.5, 0.6) is 0 Å². The molecule has 6 heteroatoms. The minimum atomic E-state index is 0.774. The van der Waals surface area contributed by atoms with Crippen molar-refractivity contribution in [3.63, 3.8) is 0 Å². The highest BCUT2D eigenvalue weighted by Gasteiger charge is 2.01. The fourth-order valence-corrected chi connectivity index (χ4v) is 3.93. The number of pyridine rings is 2. The van der Waals surface area contributed by atoms with Crippen molar-refractivity contribution in [2.24, 2.45) is 0 Å². The largest absolute Gasteiger partial charge is 0.249 e. The van der Waals surface area contributed by atoms with Gasteiger partial charge in [-0.15, -0.1) is 0 Å². The topological polar surface area (TPSA) is 77.3 Å². The van der Waals surface area contributed by atoms with Crippen LogP contribution in [0.25, 0.3) is 44.1 Å². The molecule has 4 bridgehead atoms. The van der Waals surface area contributed by atoms with Crippen molar-refractivity contribution in [3.05, 3.63) is 108 Å². The Hall–Kier alpha value is -4.58. The maximum atomic E-state index is 4.88. The van der Waals surface area contributed by atoms with Crippen LogP contribution in [0.15, 0.2) is 84.9 Å². The number of para-hydroxylation sites is 4. The third-order valence-corrected chi connectivity index (χ3v) is 5.90. The Morgan fingerprint density at radius 1 is 0.278 bits per heavy atom. The van der Waals surface area contributed by atoms with Gasteiger partial charge in [0.05, 0.1) is 66.9 Å². The van der Waals surface area contributed by atoms with Crippen molar-refractivity contribution in [2.75, 3.05) is 0 Å². The number of fused-ring (bicyclic) bond motifs is 6. The molecule has 3 heterocycles. The second-order valence-corrected chi connectivity index (χ2v) is 8.58. The van der Waals surface area contributed by atoms with E-state index in [2.05, 4.69) is 0 Å². The summed E-state index contributed by atoms with van der Waals surface area (Å²) in [6.45, 7) is 7.84. The lowest BCUT2D eigenvalue weighted by Gasteiger charge is -2.00. The smallest absolute Gasteiger partial charge is 0.0890 e. The summed E-state index contributed by atoms with van der Waals surface area (Å²) in [4.78, 5) is 29.2. The Labute approximate surface area is 209 Å². The zero-order chi connectivity index (χ0) is 25.1. The number of nitrogens with zero attached hydrogens (tertiary/aromatic N) is 6. The van der Waals surface area contributed by atoms with Gasteiger partial charge < -0.3 is 0 Å². The number of aromatic nitrogens is 6. The quantitative estimate of drug-likeness (QED) is 0.250. The summed E-state index contributed by atoms with van der Waals surface area (Å²) in [6, 6.07) is 27.5. The lowest BCUT2D eigenvalue weighted by molar-refractivity contribution is 1.20. The van der Waals surface area contributed by atoms with Crippen LogP contribution in [0.3, 0.4) is 0 Å². The number of hydrogen-bond donors (Lipinski definition) is 0. The standard InChI is InChI=1S/C30H26N6/c1-19-23-15-9-16-24(35-23)20(2)33-29-13-7-8-14-30(29)34-22(4)26-18-10-17-25(36-26)21(3)32-28-12-6-5-11-27(28)31-19/h5-18H,1-4H3. The monoisotopic (exact) mass is 470 g/mol. The summed E-state index contributed by atoms with van der Waals surface area (Å²) >= 11 is 0. The minimum absolute atomic E-state index is 0.774. The van der Waals surface area contributed by atoms with Crippen molar-refractivity contribution in [1.82, 2.24) is 29.9 Å². The van der Waals surface area contributed by atoms with E-state index in [1.807, 2.05) is 113 Å². The van der Waals surface area contributed by atoms with E-state index >= 15 is 0 Å². The Morgan fingerprint density at radius 3 is 0.750 bits per heavy atom. The molecule has 176 valence electrons. The molecular formula is C30H26N6. The molecule has 0 aliphatic rings. The second kappa shape index (κ2) is 9.96. The molecule has 0 amide bonds. The van der Waals surface area contributed by atoms with Gasteiger partial charge in [-0.3, -0.25) is 0 Å². The zero-order valence-corrected chi connectivity index (χ0v) is 20.8. The predicted molar refractivity (Wildman–Crippen MR) is 146 cm³/mol. The average Bonchev–Trinajstić information content (AvgIpc) is 2.90. The Bertz CT molecular complexity index is 1540. The fraction of sp³-hybridized carbons (Fsp3) is 0.133. The highest BCUT2D eigenvalue weighted by molar-refractivity contribution is 5.76. The van der Waals surface area contributed by atoms with Crippen LogP contribution in [-0.4, -0.2) is 29.9 Å². The molecule has 5 aromatic rings. The summed E-state index contributed by atoms with van der Waals surface area (Å²) in [7, 11) is 0. The molecule has 0 radical (unpaired) electrons. The normalized spacial score (nSPS) is 10.8. The van der Waals surface area contributed by atoms with Crippen molar-refractivity contribution < 1.29 is 0 Å². The maximum Gasteiger partial charge on any atom is 0.0890 e. The molecule has 0 atom stereocenters. The highest BCUT2D eigenvalue weighted by atomic mass is 14.8. The van der Waals surface area contributed by atoms with Gasteiger partial charge in [0.15, 0.2) is 0 Å². The lowest BCUT2D eigenvalue weighted by atomic mass is 10.2. The summed E-state index contributed by atoms with van der Waals surface area (Å²) < 4.78 is 0. The Balaban J connectivity index is 2.00. The SMILES string of the molecule is Cc1nc2ccccc2nc(C)c2cccc(n2)c(C)nc2ccccc2nc(C)c2cccc1n2. The summed E-state index contributed by atoms with van der Waals surface area (Å²) in [5, 5.41) is 0. The first kappa shape index (κ1) is 23.2. The van der Waals surface area contributed by atoms with Crippen LogP contribution < -0.4 is 0 Å². The maximum absolute atomic E-state index is 4.88. The summed E-state index contributed by atoms with van der Waals surface area (Å²) in [5.41, 5.74) is 9.44. The molecule has 0 spiro atoms. The highest BCUT2D eigenvalue weighted by Crippen LogP contribution is 2.14. The van der Waals surface area contributed by atoms with Gasteiger partial charge in [-0.05, 0) is 76.2 Å². The van der Waals surface area contributed by atoms with E-state index in [4.69, 9.17) is 29.9 Å². The molecule has 0 aliphatic heterocycles. The second-order valence-electron chi connectivity index (χ2n) is 8.58. The van der Waals surface area contributed by atoms with E-state index in [0.717, 1.165) is 66.9 Å². The molecule has 0 fully saturated rings. The molecule has 0 unspecified atom stereocenters. The Morgan fingerprint density at radius 2 is 0.500 bits per heavy atom. The molecule has 36 heavy (non-hydrogen) atoms. The van der Waals surface area contributed by atoms with Gasteiger partial charge >= 0.3 is 0 Å². The van der Waals surface area contributed by atoms with Crippen LogP contribution in [0, 0.1) is 27.7 Å². The summed E-state index contributed by atoms with van der Waals surface area (Å²) in [5.74, 6) is 0. The van der Waals surface area contributed by atoms with E-state index in [9.17, 15) is 0 Å². The van der Waals surface area contributed by atoms with Gasteiger partial charge in [-0.2, -0.15) is 0 Å². The molecule has 0 saturated heterocycles. The van der Waals surface area contributed by atoms with Crippen LogP contribution in [-0.2, 0) is 0 Å². The van der Waals surface area contributed by atoms with Crippen LogP contribution in [0.1, 0.15) is 22.8 Å². The Kier molecular flexibility index (Phi) is 6.41. The van der Waals surface area contributed by atoms with Gasteiger partial charge in [0.2, 0.25) is 0 Å². The number of benzene rings is 2. The minimum Gasteiger partial charge on any atom is -0.249 e. The molecule has 2 aromatic carbocycles. The van der Waals surface area contributed by atoms with Gasteiger partial charge in [0.25, 0.3) is 0 Å². The van der Waals surface area contributed by atoms with Crippen molar-refractivity contribution in [1.29, 1.82) is 0 Å². The number of hydrogen-bond acceptors (Lipinski definition) is 6. The van der Waals surface area contributed by atoms with Gasteiger partial charge in [0, 0.05) is 0 Å². The molecule has 0 aliphatic carbocycles. The first-order valence-electron chi connectivity index (χ1n) is 11.8. The fourth-order valence-electron chi connectivity index (χ4n) is 3.93. The van der Waals surface area contributed by atoms with E-state index in [1.54, 1.807) is 0 Å². The van der Waals surface area contributed by atoms with Gasteiger partial charge in [-0.25, -0.2) is 29.9 Å². The third kappa shape index (κ3) is 4.93. The van der Waals surface area contributed by atoms with Gasteiger partial charge in [0.1, 0.15) is 0 Å². The third-order valence-electron chi connectivity index (χ3n) is 5.90. The predicted octanol–water partition coefficient (Wildman–Crippen LogP) is 6.71. The molecule has 3 aromatic heterocycles. The first-order chi connectivity index (χ1) is 17.5. The molecule has 0 saturated carbocycles. The van der Waals surface area contributed by atoms with Crippen LogP contribution >= 0.6 is 0 Å².